The molecule has 0 fully saturated rings. The molecule has 0 aromatic heterocycles. The van der Waals surface area contributed by atoms with Crippen molar-refractivity contribution in [3.05, 3.63) is 0 Å². The molecule has 44 heavy (non-hydrogen) atoms. The van der Waals surface area contributed by atoms with Gasteiger partial charge in [-0.25, -0.2) is 0 Å². The van der Waals surface area contributed by atoms with Crippen LogP contribution in [-0.4, -0.2) is 19.8 Å². The van der Waals surface area contributed by atoms with Crippen LogP contribution in [0.3, 0.4) is 0 Å². The molecule has 0 radical (unpaired) electrons. The molecular formula is C42H87BrSn. The Kier molecular flexibility index (Phi) is 47.7. The van der Waals surface area contributed by atoms with E-state index in [1.807, 2.05) is 0 Å². The Morgan fingerprint density at radius 1 is 0.205 bits per heavy atom. The summed E-state index contributed by atoms with van der Waals surface area (Å²) in [7, 11) is 0. The van der Waals surface area contributed by atoms with Gasteiger partial charge in [-0.1, -0.05) is 40.0 Å². The minimum absolute atomic E-state index is 0. The molecule has 0 saturated carbocycles. The second kappa shape index (κ2) is 44.3. The summed E-state index contributed by atoms with van der Waals surface area (Å²) in [6.45, 7) is 6.97. The molecule has 0 aliphatic carbocycles. The minimum Gasteiger partial charge on any atom is -1.00 e. The monoisotopic (exact) mass is 791 g/mol. The molecule has 0 heterocycles. The maximum atomic E-state index is 2.32. The van der Waals surface area contributed by atoms with Crippen molar-refractivity contribution in [2.75, 3.05) is 0 Å². The summed E-state index contributed by atoms with van der Waals surface area (Å²) in [6, 6.07) is 0. The zero-order valence-electron chi connectivity index (χ0n) is 31.5. The summed E-state index contributed by atoms with van der Waals surface area (Å²) in [6.07, 6.45) is 54.0. The van der Waals surface area contributed by atoms with Crippen LogP contribution in [-0.2, 0) is 0 Å². The molecule has 0 aliphatic rings. The van der Waals surface area contributed by atoms with Crippen molar-refractivity contribution < 1.29 is 17.0 Å². The Bertz CT molecular complexity index is 400. The van der Waals surface area contributed by atoms with E-state index in [9.17, 15) is 0 Å². The average molecular weight is 791 g/mol. The third kappa shape index (κ3) is 41.3. The van der Waals surface area contributed by atoms with E-state index in [1.165, 1.54) is 193 Å². The number of hydrogen-bond donors (Lipinski definition) is 0. The molecule has 0 aliphatic heterocycles. The molecule has 0 amide bonds. The van der Waals surface area contributed by atoms with Crippen LogP contribution in [0, 0.1) is 0 Å². The molecule has 0 rings (SSSR count). The van der Waals surface area contributed by atoms with Gasteiger partial charge in [0.15, 0.2) is 0 Å². The summed E-state index contributed by atoms with van der Waals surface area (Å²) in [4.78, 5) is 0. The van der Waals surface area contributed by atoms with Gasteiger partial charge in [0.05, 0.1) is 0 Å². The van der Waals surface area contributed by atoms with E-state index in [2.05, 4.69) is 20.8 Å². The normalized spacial score (nSPS) is 11.2. The molecule has 266 valence electrons. The molecule has 0 bridgehead atoms. The van der Waals surface area contributed by atoms with Crippen molar-refractivity contribution in [3.63, 3.8) is 0 Å². The molecule has 2 heteroatoms. The molecule has 0 atom stereocenters. The van der Waals surface area contributed by atoms with Crippen LogP contribution in [0.25, 0.3) is 0 Å². The van der Waals surface area contributed by atoms with Crippen molar-refractivity contribution in [2.45, 2.75) is 265 Å². The van der Waals surface area contributed by atoms with E-state index in [1.54, 1.807) is 51.8 Å². The SMILES string of the molecule is CCCCCCCCCCCCC[CH2][Sn+]([CH2]CCCCCCCCCCCCC)[CH2]CCCCCCCCCCCCC.[Br-]. The van der Waals surface area contributed by atoms with E-state index in [0.717, 1.165) is 0 Å². The third-order valence-corrected chi connectivity index (χ3v) is 19.2. The fourth-order valence-electron chi connectivity index (χ4n) is 7.02. The Morgan fingerprint density at radius 3 is 0.500 bits per heavy atom. The second-order valence-electron chi connectivity index (χ2n) is 14.7. The van der Waals surface area contributed by atoms with E-state index in [0.29, 0.717) is 0 Å². The van der Waals surface area contributed by atoms with Gasteiger partial charge in [0.1, 0.15) is 0 Å². The van der Waals surface area contributed by atoms with Crippen LogP contribution >= 0.6 is 0 Å². The van der Waals surface area contributed by atoms with Gasteiger partial charge in [-0.2, -0.15) is 0 Å². The molecule has 0 aromatic carbocycles. The molecule has 0 spiro atoms. The smallest absolute Gasteiger partial charge is 1.00 e. The van der Waals surface area contributed by atoms with Gasteiger partial charge >= 0.3 is 245 Å². The first-order valence-corrected chi connectivity index (χ1v) is 27.2. The summed E-state index contributed by atoms with van der Waals surface area (Å²) in [5.41, 5.74) is 0. The topological polar surface area (TPSA) is 0 Å². The second-order valence-corrected chi connectivity index (χ2v) is 23.2. The van der Waals surface area contributed by atoms with Crippen LogP contribution in [0.15, 0.2) is 0 Å². The van der Waals surface area contributed by atoms with Gasteiger partial charge in [-0.3, -0.25) is 0 Å². The molecular weight excluding hydrogens is 703 g/mol. The van der Waals surface area contributed by atoms with E-state index in [4.69, 9.17) is 0 Å². The molecule has 0 unspecified atom stereocenters. The van der Waals surface area contributed by atoms with Crippen LogP contribution in [0.5, 0.6) is 0 Å². The fraction of sp³-hybridized carbons (Fsp3) is 1.00. The first kappa shape index (κ1) is 47.4. The van der Waals surface area contributed by atoms with Crippen molar-refractivity contribution >= 4 is 19.8 Å². The summed E-state index contributed by atoms with van der Waals surface area (Å²) in [5.74, 6) is 0. The standard InChI is InChI=1S/3C14H29.BrH.Sn/c3*1-3-5-7-9-11-13-14-12-10-8-6-4-2;;/h3*1,3-14H2,2H3;1H;/q;;;;+1/p-1. The maximum absolute atomic E-state index is 2.32. The Balaban J connectivity index is 0. The number of hydrogen-bond acceptors (Lipinski definition) is 0. The molecule has 0 aromatic rings. The zero-order chi connectivity index (χ0) is 31.2. The van der Waals surface area contributed by atoms with Crippen molar-refractivity contribution in [1.82, 2.24) is 0 Å². The minimum atomic E-state index is -1.12. The Morgan fingerprint density at radius 2 is 0.341 bits per heavy atom. The van der Waals surface area contributed by atoms with Crippen molar-refractivity contribution in [1.29, 1.82) is 0 Å². The van der Waals surface area contributed by atoms with E-state index >= 15 is 0 Å². The molecule has 0 N–H and O–H groups in total. The predicted octanol–water partition coefficient (Wildman–Crippen LogP) is 13.6. The van der Waals surface area contributed by atoms with E-state index < -0.39 is 19.8 Å². The van der Waals surface area contributed by atoms with Crippen molar-refractivity contribution in [3.8, 4) is 0 Å². The molecule has 0 saturated heterocycles. The molecule has 0 nitrogen and oxygen atoms in total. The van der Waals surface area contributed by atoms with Crippen LogP contribution < -0.4 is 17.0 Å². The summed E-state index contributed by atoms with van der Waals surface area (Å²) >= 11 is -1.12. The average Bonchev–Trinajstić information content (AvgIpc) is 3.02. The van der Waals surface area contributed by atoms with Gasteiger partial charge in [0.25, 0.3) is 0 Å². The number of halogens is 1. The quantitative estimate of drug-likeness (QED) is 0.0430. The van der Waals surface area contributed by atoms with Gasteiger partial charge in [-0.05, 0) is 0 Å². The van der Waals surface area contributed by atoms with Crippen LogP contribution in [0.1, 0.15) is 252 Å². The fourth-order valence-corrected chi connectivity index (χ4v) is 15.6. The first-order valence-electron chi connectivity index (χ1n) is 21.2. The first-order chi connectivity index (χ1) is 21.3. The Labute approximate surface area is 300 Å². The Hall–Kier alpha value is 1.28. The summed E-state index contributed by atoms with van der Waals surface area (Å²) in [5, 5.41) is 0. The number of rotatable bonds is 39. The van der Waals surface area contributed by atoms with Gasteiger partial charge in [0, 0.05) is 0 Å². The van der Waals surface area contributed by atoms with Crippen molar-refractivity contribution in [2.24, 2.45) is 0 Å². The van der Waals surface area contributed by atoms with Gasteiger partial charge in [0.2, 0.25) is 0 Å². The number of unbranched alkanes of at least 4 members (excludes halogenated alkanes) is 33. The predicted molar refractivity (Wildman–Crippen MR) is 203 cm³/mol. The summed E-state index contributed by atoms with van der Waals surface area (Å²) < 4.78 is 5.20. The van der Waals surface area contributed by atoms with Crippen LogP contribution in [0.4, 0.5) is 0 Å². The van der Waals surface area contributed by atoms with E-state index in [-0.39, 0.29) is 17.0 Å². The van der Waals surface area contributed by atoms with Gasteiger partial charge in [-0.15, -0.1) is 0 Å². The van der Waals surface area contributed by atoms with Gasteiger partial charge < -0.3 is 17.0 Å². The van der Waals surface area contributed by atoms with Crippen LogP contribution in [0.2, 0.25) is 13.3 Å². The third-order valence-electron chi connectivity index (χ3n) is 10.2. The zero-order valence-corrected chi connectivity index (χ0v) is 35.9.